The van der Waals surface area contributed by atoms with E-state index >= 15 is 0 Å². The fourth-order valence-electron chi connectivity index (χ4n) is 5.13. The van der Waals surface area contributed by atoms with E-state index in [4.69, 9.17) is 11.6 Å². The van der Waals surface area contributed by atoms with Gasteiger partial charge in [0, 0.05) is 54.9 Å². The van der Waals surface area contributed by atoms with Crippen LogP contribution in [0.4, 0.5) is 11.4 Å². The Morgan fingerprint density at radius 3 is 2.51 bits per heavy atom. The summed E-state index contributed by atoms with van der Waals surface area (Å²) in [5, 5.41) is 3.38. The summed E-state index contributed by atoms with van der Waals surface area (Å²) in [7, 11) is 0. The molecule has 1 fully saturated rings. The third kappa shape index (κ3) is 6.60. The minimum atomic E-state index is -0.466. The summed E-state index contributed by atoms with van der Waals surface area (Å²) < 4.78 is 0. The van der Waals surface area contributed by atoms with E-state index in [0.717, 1.165) is 59.6 Å². The normalized spacial score (nSPS) is 18.5. The monoisotopic (exact) mass is 562 g/mol. The van der Waals surface area contributed by atoms with Crippen molar-refractivity contribution >= 4 is 46.6 Å². The van der Waals surface area contributed by atoms with Crippen molar-refractivity contribution in [3.8, 4) is 0 Å². The molecular weight excluding hydrogens is 528 g/mol. The fraction of sp³-hybridized carbons (Fsp3) is 0.355. The summed E-state index contributed by atoms with van der Waals surface area (Å²) in [5.74, 6) is -0.539. The maximum Gasteiger partial charge on any atom is 0.241 e. The van der Waals surface area contributed by atoms with Gasteiger partial charge in [-0.25, -0.2) is 0 Å². The van der Waals surface area contributed by atoms with E-state index in [9.17, 15) is 9.59 Å². The molecule has 1 N–H and O–H groups in total. The van der Waals surface area contributed by atoms with Crippen molar-refractivity contribution in [1.29, 1.82) is 0 Å². The lowest BCUT2D eigenvalue weighted by atomic mass is 10.0. The van der Waals surface area contributed by atoms with Crippen molar-refractivity contribution in [2.75, 3.05) is 49.1 Å². The zero-order valence-electron chi connectivity index (χ0n) is 22.5. The number of thioether (sulfide) groups is 1. The van der Waals surface area contributed by atoms with Crippen molar-refractivity contribution in [3.63, 3.8) is 0 Å². The van der Waals surface area contributed by atoms with Gasteiger partial charge in [-0.05, 0) is 42.8 Å². The van der Waals surface area contributed by atoms with Gasteiger partial charge in [-0.2, -0.15) is 0 Å². The highest BCUT2D eigenvalue weighted by molar-refractivity contribution is 8.01. The first-order chi connectivity index (χ1) is 18.9. The van der Waals surface area contributed by atoms with E-state index in [-0.39, 0.29) is 11.8 Å². The largest absolute Gasteiger partial charge is 0.369 e. The van der Waals surface area contributed by atoms with Gasteiger partial charge < -0.3 is 15.1 Å². The lowest BCUT2D eigenvalue weighted by Gasteiger charge is -2.37. The lowest BCUT2D eigenvalue weighted by molar-refractivity contribution is -0.128. The minimum Gasteiger partial charge on any atom is -0.369 e. The second-order valence-corrected chi connectivity index (χ2v) is 11.9. The number of piperazine rings is 1. The predicted molar refractivity (Wildman–Crippen MR) is 161 cm³/mol. The van der Waals surface area contributed by atoms with Crippen LogP contribution in [0.15, 0.2) is 77.7 Å². The Hall–Kier alpha value is -3.00. The summed E-state index contributed by atoms with van der Waals surface area (Å²) >= 11 is 7.65. The zero-order chi connectivity index (χ0) is 27.4. The van der Waals surface area contributed by atoms with Crippen molar-refractivity contribution in [3.05, 3.63) is 88.9 Å². The Morgan fingerprint density at radius 1 is 1.03 bits per heavy atom. The van der Waals surface area contributed by atoms with Crippen LogP contribution >= 0.6 is 23.4 Å². The van der Waals surface area contributed by atoms with Crippen LogP contribution in [0.2, 0.25) is 5.02 Å². The summed E-state index contributed by atoms with van der Waals surface area (Å²) in [4.78, 5) is 34.5. The smallest absolute Gasteiger partial charge is 0.241 e. The van der Waals surface area contributed by atoms with Gasteiger partial charge in [-0.15, -0.1) is 11.8 Å². The molecule has 0 aromatic heterocycles. The maximum absolute atomic E-state index is 13.7. The van der Waals surface area contributed by atoms with Crippen LogP contribution in [0.3, 0.4) is 0 Å². The number of nitrogens with zero attached hydrogens (tertiary/aromatic N) is 3. The molecular formula is C31H35ClN4O2S. The van der Waals surface area contributed by atoms with Crippen LogP contribution in [-0.4, -0.2) is 61.2 Å². The van der Waals surface area contributed by atoms with Crippen LogP contribution in [-0.2, 0) is 16.1 Å². The average Bonchev–Trinajstić information content (AvgIpc) is 2.95. The second kappa shape index (κ2) is 12.5. The molecule has 2 aliphatic rings. The SMILES string of the molecule is Cc1ccc(CN2C(=O)C(C(C)C(=O)NCCN3CCN(c4cccc(Cl)c4)CC3)Sc3ccccc32)cc1. The Balaban J connectivity index is 1.15. The third-order valence-corrected chi connectivity index (χ3v) is 9.22. The first kappa shape index (κ1) is 27.6. The number of carbonyl (C=O) groups excluding carboxylic acids is 2. The number of nitrogens with one attached hydrogen (secondary N) is 1. The lowest BCUT2D eigenvalue weighted by Crippen LogP contribution is -2.50. The molecule has 6 nitrogen and oxygen atoms in total. The molecule has 8 heteroatoms. The first-order valence-electron chi connectivity index (χ1n) is 13.5. The van der Waals surface area contributed by atoms with Crippen LogP contribution in [0.5, 0.6) is 0 Å². The van der Waals surface area contributed by atoms with Gasteiger partial charge in [0.1, 0.15) is 5.25 Å². The number of para-hydroxylation sites is 1. The highest BCUT2D eigenvalue weighted by Crippen LogP contribution is 2.42. The predicted octanol–water partition coefficient (Wildman–Crippen LogP) is 5.23. The topological polar surface area (TPSA) is 55.9 Å². The van der Waals surface area contributed by atoms with Gasteiger partial charge in [0.15, 0.2) is 0 Å². The van der Waals surface area contributed by atoms with E-state index in [1.807, 2.05) is 54.3 Å². The average molecular weight is 563 g/mol. The molecule has 1 saturated heterocycles. The number of benzene rings is 3. The highest BCUT2D eigenvalue weighted by Gasteiger charge is 2.39. The van der Waals surface area contributed by atoms with Crippen molar-refractivity contribution in [1.82, 2.24) is 10.2 Å². The van der Waals surface area contributed by atoms with Crippen molar-refractivity contribution < 1.29 is 9.59 Å². The van der Waals surface area contributed by atoms with Crippen LogP contribution in [0, 0.1) is 12.8 Å². The molecule has 2 unspecified atom stereocenters. The second-order valence-electron chi connectivity index (χ2n) is 10.3. The minimum absolute atomic E-state index is 0.0148. The van der Waals surface area contributed by atoms with Crippen LogP contribution in [0.25, 0.3) is 0 Å². The van der Waals surface area contributed by atoms with E-state index in [2.05, 4.69) is 52.4 Å². The number of aryl methyl sites for hydroxylation is 1. The Bertz CT molecular complexity index is 1310. The van der Waals surface area contributed by atoms with E-state index in [0.29, 0.717) is 13.1 Å². The molecule has 0 spiro atoms. The summed E-state index contributed by atoms with van der Waals surface area (Å²) in [6.45, 7) is 9.47. The van der Waals surface area contributed by atoms with E-state index in [1.165, 1.54) is 17.3 Å². The Labute approximate surface area is 240 Å². The van der Waals surface area contributed by atoms with E-state index in [1.54, 1.807) is 0 Å². The molecule has 0 bridgehead atoms. The molecule has 3 aromatic carbocycles. The standard InChI is InChI=1S/C31H35ClN4O2S/c1-22-10-12-24(13-11-22)21-36-27-8-3-4-9-28(27)39-29(31(36)38)23(2)30(37)33-14-15-34-16-18-35(19-17-34)26-7-5-6-25(32)20-26/h3-13,20,23,29H,14-19,21H2,1-2H3,(H,33,37). The molecule has 0 aliphatic carbocycles. The Morgan fingerprint density at radius 2 is 1.77 bits per heavy atom. The van der Waals surface area contributed by atoms with Gasteiger partial charge in [-0.1, -0.05) is 66.6 Å². The number of halogens is 1. The number of amides is 2. The molecule has 204 valence electrons. The van der Waals surface area contributed by atoms with Crippen LogP contribution < -0.4 is 15.1 Å². The van der Waals surface area contributed by atoms with Gasteiger partial charge in [0.2, 0.25) is 11.8 Å². The third-order valence-electron chi connectivity index (χ3n) is 7.52. The molecule has 0 saturated carbocycles. The first-order valence-corrected chi connectivity index (χ1v) is 14.8. The molecule has 2 amide bonds. The highest BCUT2D eigenvalue weighted by atomic mass is 35.5. The number of rotatable bonds is 8. The summed E-state index contributed by atoms with van der Waals surface area (Å²) in [5.41, 5.74) is 4.32. The quantitative estimate of drug-likeness (QED) is 0.407. The van der Waals surface area contributed by atoms with Gasteiger partial charge in [0.25, 0.3) is 0 Å². The number of hydrogen-bond donors (Lipinski definition) is 1. The molecule has 3 aromatic rings. The Kier molecular flexibility index (Phi) is 8.80. The van der Waals surface area contributed by atoms with Gasteiger partial charge in [-0.3, -0.25) is 14.5 Å². The molecule has 2 aliphatic heterocycles. The molecule has 5 rings (SSSR count). The van der Waals surface area contributed by atoms with E-state index < -0.39 is 11.2 Å². The summed E-state index contributed by atoms with van der Waals surface area (Å²) in [6, 6.07) is 24.2. The van der Waals surface area contributed by atoms with Gasteiger partial charge >= 0.3 is 0 Å². The fourth-order valence-corrected chi connectivity index (χ4v) is 6.60. The van der Waals surface area contributed by atoms with Crippen molar-refractivity contribution in [2.45, 2.75) is 30.5 Å². The zero-order valence-corrected chi connectivity index (χ0v) is 24.0. The molecule has 39 heavy (non-hydrogen) atoms. The maximum atomic E-state index is 13.7. The number of carbonyl (C=O) groups is 2. The number of anilines is 2. The molecule has 2 atom stereocenters. The summed E-state index contributed by atoms with van der Waals surface area (Å²) in [6.07, 6.45) is 0. The van der Waals surface area contributed by atoms with Crippen molar-refractivity contribution in [2.24, 2.45) is 5.92 Å². The molecule has 0 radical (unpaired) electrons. The number of hydrogen-bond acceptors (Lipinski definition) is 5. The van der Waals surface area contributed by atoms with Crippen LogP contribution in [0.1, 0.15) is 18.1 Å². The number of fused-ring (bicyclic) bond motifs is 1. The van der Waals surface area contributed by atoms with Gasteiger partial charge in [0.05, 0.1) is 18.2 Å². The molecule has 2 heterocycles.